The summed E-state index contributed by atoms with van der Waals surface area (Å²) in [6, 6.07) is 13.8. The molecule has 1 aliphatic carbocycles. The van der Waals surface area contributed by atoms with E-state index in [9.17, 15) is 4.79 Å². The zero-order chi connectivity index (χ0) is 22.8. The summed E-state index contributed by atoms with van der Waals surface area (Å²) in [5, 5.41) is 7.40. The van der Waals surface area contributed by atoms with E-state index in [1.165, 1.54) is 18.4 Å². The number of hydrogen-bond donors (Lipinski definition) is 1. The largest absolute Gasteiger partial charge is 0.354 e. The summed E-state index contributed by atoms with van der Waals surface area (Å²) in [5.74, 6) is 0.570. The van der Waals surface area contributed by atoms with Gasteiger partial charge in [-0.1, -0.05) is 42.3 Å². The first kappa shape index (κ1) is 21.3. The van der Waals surface area contributed by atoms with Crippen molar-refractivity contribution in [1.29, 1.82) is 0 Å². The van der Waals surface area contributed by atoms with Crippen molar-refractivity contribution in [3.63, 3.8) is 0 Å². The number of pyridine rings is 1. The first-order chi connectivity index (χ1) is 16.1. The van der Waals surface area contributed by atoms with E-state index in [4.69, 9.17) is 9.51 Å². The molecule has 7 nitrogen and oxygen atoms in total. The molecule has 1 N–H and O–H groups in total. The molecule has 3 aromatic heterocycles. The molecule has 3 heterocycles. The third-order valence-electron chi connectivity index (χ3n) is 6.28. The summed E-state index contributed by atoms with van der Waals surface area (Å²) >= 11 is 0. The van der Waals surface area contributed by atoms with Crippen molar-refractivity contribution in [2.24, 2.45) is 0 Å². The lowest BCUT2D eigenvalue weighted by molar-refractivity contribution is 0.433. The summed E-state index contributed by atoms with van der Waals surface area (Å²) < 4.78 is 7.51. The van der Waals surface area contributed by atoms with E-state index in [0.29, 0.717) is 17.1 Å². The van der Waals surface area contributed by atoms with E-state index < -0.39 is 0 Å². The third kappa shape index (κ3) is 4.36. The van der Waals surface area contributed by atoms with Gasteiger partial charge in [-0.2, -0.15) is 0 Å². The smallest absolute Gasteiger partial charge is 0.250 e. The van der Waals surface area contributed by atoms with Gasteiger partial charge in [0.05, 0.1) is 17.6 Å². The Bertz CT molecular complexity index is 1320. The van der Waals surface area contributed by atoms with Crippen LogP contribution in [0, 0.1) is 6.92 Å². The van der Waals surface area contributed by atoms with Gasteiger partial charge in [-0.15, -0.1) is 0 Å². The van der Waals surface area contributed by atoms with Gasteiger partial charge in [0.1, 0.15) is 11.4 Å². The molecule has 1 aliphatic rings. The van der Waals surface area contributed by atoms with Crippen molar-refractivity contribution < 1.29 is 4.52 Å². The van der Waals surface area contributed by atoms with Crippen molar-refractivity contribution in [2.45, 2.75) is 45.2 Å². The average molecular weight is 442 g/mol. The van der Waals surface area contributed by atoms with Crippen molar-refractivity contribution in [1.82, 2.24) is 25.0 Å². The van der Waals surface area contributed by atoms with Crippen LogP contribution < -0.4 is 10.9 Å². The minimum Gasteiger partial charge on any atom is -0.354 e. The van der Waals surface area contributed by atoms with E-state index in [1.807, 2.05) is 49.0 Å². The van der Waals surface area contributed by atoms with Crippen LogP contribution in [0.3, 0.4) is 0 Å². The van der Waals surface area contributed by atoms with Gasteiger partial charge in [0.15, 0.2) is 5.76 Å². The zero-order valence-corrected chi connectivity index (χ0v) is 18.9. The number of benzene rings is 1. The summed E-state index contributed by atoms with van der Waals surface area (Å²) in [6.07, 6.45) is 8.09. The molecule has 4 aromatic rings. The van der Waals surface area contributed by atoms with Gasteiger partial charge in [-0.05, 0) is 38.4 Å². The topological polar surface area (TPSA) is 85.8 Å². The van der Waals surface area contributed by atoms with Gasteiger partial charge < -0.3 is 14.4 Å². The van der Waals surface area contributed by atoms with E-state index in [-0.39, 0.29) is 11.6 Å². The van der Waals surface area contributed by atoms with Gasteiger partial charge in [0, 0.05) is 42.0 Å². The van der Waals surface area contributed by atoms with Crippen LogP contribution in [0.15, 0.2) is 64.2 Å². The van der Waals surface area contributed by atoms with Crippen LogP contribution in [0.4, 0.5) is 0 Å². The molecule has 7 heteroatoms. The molecular weight excluding hydrogens is 414 g/mol. The van der Waals surface area contributed by atoms with Gasteiger partial charge in [-0.25, -0.2) is 4.98 Å². The molecule has 168 valence electrons. The second-order valence-corrected chi connectivity index (χ2v) is 8.59. The van der Waals surface area contributed by atoms with Crippen molar-refractivity contribution in [3.8, 4) is 34.0 Å². The van der Waals surface area contributed by atoms with Gasteiger partial charge in [0.25, 0.3) is 5.56 Å². The lowest BCUT2D eigenvalue weighted by Gasteiger charge is -2.14. The fourth-order valence-corrected chi connectivity index (χ4v) is 4.47. The molecule has 33 heavy (non-hydrogen) atoms. The number of hydrogen-bond acceptors (Lipinski definition) is 6. The fraction of sp³-hybridized carbons (Fsp3) is 0.308. The van der Waals surface area contributed by atoms with Crippen molar-refractivity contribution >= 4 is 0 Å². The molecule has 1 fully saturated rings. The quantitative estimate of drug-likeness (QED) is 0.464. The summed E-state index contributed by atoms with van der Waals surface area (Å²) in [4.78, 5) is 21.8. The highest BCUT2D eigenvalue weighted by molar-refractivity contribution is 5.68. The molecule has 0 bridgehead atoms. The first-order valence-electron chi connectivity index (χ1n) is 11.4. The number of nitrogens with zero attached hydrogens (tertiary/aromatic N) is 4. The molecule has 0 amide bonds. The van der Waals surface area contributed by atoms with Gasteiger partial charge in [-0.3, -0.25) is 9.78 Å². The van der Waals surface area contributed by atoms with Crippen molar-refractivity contribution in [2.75, 3.05) is 7.05 Å². The van der Waals surface area contributed by atoms with Crippen molar-refractivity contribution in [3.05, 3.63) is 76.5 Å². The second-order valence-electron chi connectivity index (χ2n) is 8.59. The number of nitrogens with one attached hydrogen (secondary N) is 1. The Labute approximate surface area is 192 Å². The highest BCUT2D eigenvalue weighted by Gasteiger charge is 2.19. The van der Waals surface area contributed by atoms with Crippen LogP contribution in [0.2, 0.25) is 0 Å². The standard InChI is InChI=1S/C26H27N5O2/c1-17-26(24-13-22(30-33-24)19-9-7-18(8-10-19)14-27-2)29-23(15-28-17)20-11-12-25(32)31(16-20)21-5-3-4-6-21/h7-13,15-16,21,27H,3-6,14H2,1-2H3. The van der Waals surface area contributed by atoms with Crippen LogP contribution >= 0.6 is 0 Å². The maximum Gasteiger partial charge on any atom is 0.250 e. The summed E-state index contributed by atoms with van der Waals surface area (Å²) in [6.45, 7) is 2.72. The number of aryl methyl sites for hydroxylation is 1. The zero-order valence-electron chi connectivity index (χ0n) is 18.9. The normalized spacial score (nSPS) is 14.1. The van der Waals surface area contributed by atoms with Crippen LogP contribution in [-0.2, 0) is 6.54 Å². The molecule has 0 aliphatic heterocycles. The van der Waals surface area contributed by atoms with Crippen LogP contribution in [0.5, 0.6) is 0 Å². The van der Waals surface area contributed by atoms with E-state index in [1.54, 1.807) is 12.3 Å². The summed E-state index contributed by atoms with van der Waals surface area (Å²) in [7, 11) is 1.93. The SMILES string of the molecule is CNCc1ccc(-c2cc(-c3nc(-c4ccc(=O)n(C5CCCC5)c4)cnc3C)on2)cc1. The lowest BCUT2D eigenvalue weighted by atomic mass is 10.1. The molecule has 1 saturated carbocycles. The Hall–Kier alpha value is -3.58. The molecule has 0 radical (unpaired) electrons. The molecule has 5 rings (SSSR count). The third-order valence-corrected chi connectivity index (χ3v) is 6.28. The predicted octanol–water partition coefficient (Wildman–Crippen LogP) is 4.77. The summed E-state index contributed by atoms with van der Waals surface area (Å²) in [5.41, 5.74) is 5.96. The lowest BCUT2D eigenvalue weighted by Crippen LogP contribution is -2.22. The maximum absolute atomic E-state index is 12.4. The molecule has 0 unspecified atom stereocenters. The Kier molecular flexibility index (Phi) is 5.88. The average Bonchev–Trinajstić information content (AvgIpc) is 3.53. The fourth-order valence-electron chi connectivity index (χ4n) is 4.47. The highest BCUT2D eigenvalue weighted by atomic mass is 16.5. The van der Waals surface area contributed by atoms with Gasteiger partial charge in [0.2, 0.25) is 0 Å². The first-order valence-corrected chi connectivity index (χ1v) is 11.4. The minimum absolute atomic E-state index is 0.0338. The molecule has 0 spiro atoms. The second kappa shape index (κ2) is 9.11. The minimum atomic E-state index is 0.0338. The molecule has 0 atom stereocenters. The Morgan fingerprint density at radius 1 is 1.06 bits per heavy atom. The van der Waals surface area contributed by atoms with Gasteiger partial charge >= 0.3 is 0 Å². The van der Waals surface area contributed by atoms with Crippen LogP contribution in [0.25, 0.3) is 34.0 Å². The molecular formula is C26H27N5O2. The molecule has 0 saturated heterocycles. The Morgan fingerprint density at radius 3 is 2.58 bits per heavy atom. The Morgan fingerprint density at radius 2 is 1.82 bits per heavy atom. The Balaban J connectivity index is 1.46. The van der Waals surface area contributed by atoms with E-state index >= 15 is 0 Å². The highest BCUT2D eigenvalue weighted by Crippen LogP contribution is 2.31. The molecule has 1 aromatic carbocycles. The predicted molar refractivity (Wildman–Crippen MR) is 128 cm³/mol. The number of rotatable bonds is 6. The van der Waals surface area contributed by atoms with Crippen LogP contribution in [-0.4, -0.2) is 26.7 Å². The van der Waals surface area contributed by atoms with E-state index in [0.717, 1.165) is 41.9 Å². The van der Waals surface area contributed by atoms with E-state index in [2.05, 4.69) is 27.6 Å². The monoisotopic (exact) mass is 441 g/mol. The number of aromatic nitrogens is 4. The van der Waals surface area contributed by atoms with Crippen LogP contribution in [0.1, 0.15) is 43.0 Å². The maximum atomic E-state index is 12.4.